The van der Waals surface area contributed by atoms with Crippen molar-refractivity contribution in [2.75, 3.05) is 11.9 Å². The van der Waals surface area contributed by atoms with Gasteiger partial charge < -0.3 is 15.2 Å². The Balaban J connectivity index is 1.71. The third kappa shape index (κ3) is 2.84. The molecular formula is C17H17NO3. The van der Waals surface area contributed by atoms with E-state index in [1.807, 2.05) is 19.1 Å². The van der Waals surface area contributed by atoms with Gasteiger partial charge in [0.15, 0.2) is 0 Å². The van der Waals surface area contributed by atoms with Gasteiger partial charge in [0.25, 0.3) is 0 Å². The number of aryl methyl sites for hydroxylation is 1. The summed E-state index contributed by atoms with van der Waals surface area (Å²) in [4.78, 5) is 10.9. The Morgan fingerprint density at radius 1 is 1.29 bits per heavy atom. The first-order valence-electron chi connectivity index (χ1n) is 6.96. The lowest BCUT2D eigenvalue weighted by Crippen LogP contribution is -2.03. The molecule has 2 aromatic carbocycles. The standard InChI is InChI=1S/C17H17NO3/c1-11-8-14(17(19)20)3-4-15(11)18-10-12-2-5-16-13(9-12)6-7-21-16/h2-5,8-9,18H,6-7,10H2,1H3,(H,19,20). The predicted octanol–water partition coefficient (Wildman–Crippen LogP) is 3.24. The van der Waals surface area contributed by atoms with E-state index < -0.39 is 5.97 Å². The van der Waals surface area contributed by atoms with Gasteiger partial charge in [-0.2, -0.15) is 0 Å². The number of benzene rings is 2. The molecule has 0 bridgehead atoms. The summed E-state index contributed by atoms with van der Waals surface area (Å²) in [6.45, 7) is 3.38. The van der Waals surface area contributed by atoms with Crippen LogP contribution in [0, 0.1) is 6.92 Å². The van der Waals surface area contributed by atoms with Gasteiger partial charge in [0.05, 0.1) is 12.2 Å². The largest absolute Gasteiger partial charge is 0.493 e. The Kier molecular flexibility index (Phi) is 3.52. The van der Waals surface area contributed by atoms with Crippen molar-refractivity contribution in [1.82, 2.24) is 0 Å². The van der Waals surface area contributed by atoms with Crippen molar-refractivity contribution in [1.29, 1.82) is 0 Å². The SMILES string of the molecule is Cc1cc(C(=O)O)ccc1NCc1ccc2c(c1)CCO2. The molecule has 4 nitrogen and oxygen atoms in total. The summed E-state index contributed by atoms with van der Waals surface area (Å²) in [6, 6.07) is 11.3. The molecule has 2 N–H and O–H groups in total. The fourth-order valence-electron chi connectivity index (χ4n) is 2.54. The van der Waals surface area contributed by atoms with Crippen LogP contribution in [0.1, 0.15) is 27.0 Å². The number of hydrogen-bond acceptors (Lipinski definition) is 3. The molecule has 3 rings (SSSR count). The highest BCUT2D eigenvalue weighted by atomic mass is 16.5. The van der Waals surface area contributed by atoms with Gasteiger partial charge in [-0.25, -0.2) is 4.79 Å². The van der Waals surface area contributed by atoms with E-state index >= 15 is 0 Å². The van der Waals surface area contributed by atoms with Crippen molar-refractivity contribution in [3.8, 4) is 5.75 Å². The molecule has 0 spiro atoms. The maximum absolute atomic E-state index is 10.9. The second-order valence-electron chi connectivity index (χ2n) is 5.23. The van der Waals surface area contributed by atoms with Crippen LogP contribution in [-0.4, -0.2) is 17.7 Å². The highest BCUT2D eigenvalue weighted by Gasteiger charge is 2.12. The van der Waals surface area contributed by atoms with Crippen molar-refractivity contribution < 1.29 is 14.6 Å². The van der Waals surface area contributed by atoms with Crippen molar-refractivity contribution in [2.45, 2.75) is 19.9 Å². The van der Waals surface area contributed by atoms with E-state index in [1.54, 1.807) is 12.1 Å². The maximum atomic E-state index is 10.9. The first-order valence-corrected chi connectivity index (χ1v) is 6.96. The Hall–Kier alpha value is -2.49. The van der Waals surface area contributed by atoms with Crippen LogP contribution >= 0.6 is 0 Å². The molecule has 0 amide bonds. The molecule has 0 atom stereocenters. The molecule has 1 aliphatic heterocycles. The Bertz CT molecular complexity index is 694. The number of ether oxygens (including phenoxy) is 1. The van der Waals surface area contributed by atoms with Gasteiger partial charge in [0.1, 0.15) is 5.75 Å². The average molecular weight is 283 g/mol. The topological polar surface area (TPSA) is 58.6 Å². The summed E-state index contributed by atoms with van der Waals surface area (Å²) in [5, 5.41) is 12.3. The lowest BCUT2D eigenvalue weighted by molar-refractivity contribution is 0.0697. The third-order valence-electron chi connectivity index (χ3n) is 3.71. The van der Waals surface area contributed by atoms with Crippen molar-refractivity contribution in [3.05, 3.63) is 58.7 Å². The minimum atomic E-state index is -0.900. The van der Waals surface area contributed by atoms with Gasteiger partial charge in [-0.3, -0.25) is 0 Å². The normalized spacial score (nSPS) is 12.6. The second-order valence-corrected chi connectivity index (χ2v) is 5.23. The van der Waals surface area contributed by atoms with E-state index in [2.05, 4.69) is 17.4 Å². The summed E-state index contributed by atoms with van der Waals surface area (Å²) in [5.41, 5.74) is 4.65. The molecule has 4 heteroatoms. The van der Waals surface area contributed by atoms with Crippen LogP contribution < -0.4 is 10.1 Å². The molecule has 0 saturated carbocycles. The van der Waals surface area contributed by atoms with E-state index in [4.69, 9.17) is 9.84 Å². The van der Waals surface area contributed by atoms with Crippen LogP contribution in [0.2, 0.25) is 0 Å². The van der Waals surface area contributed by atoms with E-state index in [0.29, 0.717) is 12.1 Å². The lowest BCUT2D eigenvalue weighted by atomic mass is 10.1. The molecule has 21 heavy (non-hydrogen) atoms. The van der Waals surface area contributed by atoms with Crippen molar-refractivity contribution in [2.24, 2.45) is 0 Å². The Labute approximate surface area is 123 Å². The van der Waals surface area contributed by atoms with E-state index in [-0.39, 0.29) is 0 Å². The number of rotatable bonds is 4. The zero-order valence-corrected chi connectivity index (χ0v) is 11.8. The number of fused-ring (bicyclic) bond motifs is 1. The number of carbonyl (C=O) groups is 1. The number of carboxylic acids is 1. The van der Waals surface area contributed by atoms with Gasteiger partial charge in [-0.05, 0) is 47.9 Å². The third-order valence-corrected chi connectivity index (χ3v) is 3.71. The average Bonchev–Trinajstić information content (AvgIpc) is 2.93. The first-order chi connectivity index (χ1) is 10.1. The molecule has 2 aromatic rings. The number of nitrogens with one attached hydrogen (secondary N) is 1. The van der Waals surface area contributed by atoms with Crippen LogP contribution in [0.3, 0.4) is 0 Å². The first kappa shape index (κ1) is 13.5. The fourth-order valence-corrected chi connectivity index (χ4v) is 2.54. The monoisotopic (exact) mass is 283 g/mol. The van der Waals surface area contributed by atoms with Gasteiger partial charge in [-0.15, -0.1) is 0 Å². The van der Waals surface area contributed by atoms with E-state index in [0.717, 1.165) is 30.0 Å². The Morgan fingerprint density at radius 3 is 2.90 bits per heavy atom. The fraction of sp³-hybridized carbons (Fsp3) is 0.235. The van der Waals surface area contributed by atoms with Crippen LogP contribution in [-0.2, 0) is 13.0 Å². The van der Waals surface area contributed by atoms with E-state index in [9.17, 15) is 4.79 Å². The number of aromatic carboxylic acids is 1. The van der Waals surface area contributed by atoms with Gasteiger partial charge in [0.2, 0.25) is 0 Å². The van der Waals surface area contributed by atoms with Crippen LogP contribution in [0.25, 0.3) is 0 Å². The molecule has 0 radical (unpaired) electrons. The number of hydrogen-bond donors (Lipinski definition) is 2. The summed E-state index contributed by atoms with van der Waals surface area (Å²) < 4.78 is 5.49. The molecule has 0 aliphatic carbocycles. The maximum Gasteiger partial charge on any atom is 0.335 e. The zero-order chi connectivity index (χ0) is 14.8. The van der Waals surface area contributed by atoms with Crippen LogP contribution in [0.5, 0.6) is 5.75 Å². The van der Waals surface area contributed by atoms with Crippen LogP contribution in [0.15, 0.2) is 36.4 Å². The molecule has 0 saturated heterocycles. The molecule has 1 heterocycles. The smallest absolute Gasteiger partial charge is 0.335 e. The molecule has 0 unspecified atom stereocenters. The van der Waals surface area contributed by atoms with Crippen molar-refractivity contribution in [3.63, 3.8) is 0 Å². The molecule has 0 fully saturated rings. The molecule has 0 aromatic heterocycles. The zero-order valence-electron chi connectivity index (χ0n) is 11.8. The minimum absolute atomic E-state index is 0.313. The highest BCUT2D eigenvalue weighted by Crippen LogP contribution is 2.26. The second kappa shape index (κ2) is 5.48. The summed E-state index contributed by atoms with van der Waals surface area (Å²) in [7, 11) is 0. The molecule has 1 aliphatic rings. The van der Waals surface area contributed by atoms with Crippen molar-refractivity contribution >= 4 is 11.7 Å². The minimum Gasteiger partial charge on any atom is -0.493 e. The van der Waals surface area contributed by atoms with Gasteiger partial charge in [-0.1, -0.05) is 12.1 Å². The summed E-state index contributed by atoms with van der Waals surface area (Å²) >= 11 is 0. The highest BCUT2D eigenvalue weighted by molar-refractivity contribution is 5.88. The molecular weight excluding hydrogens is 266 g/mol. The van der Waals surface area contributed by atoms with Crippen LogP contribution in [0.4, 0.5) is 5.69 Å². The van der Waals surface area contributed by atoms with Gasteiger partial charge in [0, 0.05) is 18.7 Å². The lowest BCUT2D eigenvalue weighted by Gasteiger charge is -2.11. The summed E-state index contributed by atoms with van der Waals surface area (Å²) in [6.07, 6.45) is 0.968. The predicted molar refractivity (Wildman–Crippen MR) is 81.1 cm³/mol. The van der Waals surface area contributed by atoms with Gasteiger partial charge >= 0.3 is 5.97 Å². The summed E-state index contributed by atoms with van der Waals surface area (Å²) in [5.74, 6) is 0.0870. The Morgan fingerprint density at radius 2 is 2.14 bits per heavy atom. The number of anilines is 1. The van der Waals surface area contributed by atoms with E-state index in [1.165, 1.54) is 11.1 Å². The quantitative estimate of drug-likeness (QED) is 0.904. The number of carboxylic acid groups (broad SMARTS) is 1. The molecule has 108 valence electrons.